The number of carbonyl (C=O) groups excluding carboxylic acids is 1. The molecule has 2 fully saturated rings. The number of hydrogen-bond donors (Lipinski definition) is 0. The zero-order valence-corrected chi connectivity index (χ0v) is 9.11. The van der Waals surface area contributed by atoms with Gasteiger partial charge in [-0.2, -0.15) is 0 Å². The fourth-order valence-corrected chi connectivity index (χ4v) is 3.20. The molecule has 2 aliphatic rings. The third kappa shape index (κ3) is 2.00. The topological polar surface area (TPSA) is 20.3 Å². The lowest BCUT2D eigenvalue weighted by Gasteiger charge is -2.33. The summed E-state index contributed by atoms with van der Waals surface area (Å²) in [7, 11) is 2.25. The first-order valence-corrected chi connectivity index (χ1v) is 5.97. The maximum absolute atomic E-state index is 10.6. The maximum atomic E-state index is 10.6. The summed E-state index contributed by atoms with van der Waals surface area (Å²) in [5.41, 5.74) is 0. The predicted molar refractivity (Wildman–Crippen MR) is 57.2 cm³/mol. The highest BCUT2D eigenvalue weighted by molar-refractivity contribution is 5.53. The summed E-state index contributed by atoms with van der Waals surface area (Å²) in [5.74, 6) is 1.25. The third-order valence-electron chi connectivity index (χ3n) is 4.13. The molecule has 1 aliphatic heterocycles. The Bertz CT molecular complexity index is 196. The fourth-order valence-electron chi connectivity index (χ4n) is 3.20. The maximum Gasteiger partial charge on any atom is 0.123 e. The van der Waals surface area contributed by atoms with Crippen LogP contribution in [0, 0.1) is 11.8 Å². The molecule has 0 unspecified atom stereocenters. The van der Waals surface area contributed by atoms with Crippen molar-refractivity contribution in [1.29, 1.82) is 0 Å². The van der Waals surface area contributed by atoms with Crippen molar-refractivity contribution in [3.05, 3.63) is 0 Å². The van der Waals surface area contributed by atoms with Gasteiger partial charge in [-0.05, 0) is 58.0 Å². The normalized spacial score (nSPS) is 39.9. The van der Waals surface area contributed by atoms with E-state index in [-0.39, 0.29) is 0 Å². The molecule has 1 aliphatic carbocycles. The standard InChI is InChI=1S/C12H21NO/c1-13-8-2-3-12(13)11-6-4-10(9-14)5-7-11/h9-12H,2-8H2,1H3/t10?,11?,12-/m1/s1. The summed E-state index contributed by atoms with van der Waals surface area (Å²) in [6, 6.07) is 0.822. The molecule has 2 nitrogen and oxygen atoms in total. The van der Waals surface area contributed by atoms with Crippen LogP contribution in [0.15, 0.2) is 0 Å². The van der Waals surface area contributed by atoms with Crippen molar-refractivity contribution in [3.8, 4) is 0 Å². The van der Waals surface area contributed by atoms with Crippen LogP contribution in [-0.4, -0.2) is 30.8 Å². The summed E-state index contributed by atoms with van der Waals surface area (Å²) >= 11 is 0. The molecule has 0 aromatic rings. The zero-order chi connectivity index (χ0) is 9.97. The Morgan fingerprint density at radius 3 is 2.36 bits per heavy atom. The van der Waals surface area contributed by atoms with Gasteiger partial charge in [-0.15, -0.1) is 0 Å². The molecule has 0 bridgehead atoms. The van der Waals surface area contributed by atoms with E-state index in [1.807, 2.05) is 0 Å². The van der Waals surface area contributed by atoms with Crippen LogP contribution >= 0.6 is 0 Å². The van der Waals surface area contributed by atoms with Crippen molar-refractivity contribution >= 4 is 6.29 Å². The van der Waals surface area contributed by atoms with Gasteiger partial charge in [0.25, 0.3) is 0 Å². The minimum atomic E-state index is 0.373. The van der Waals surface area contributed by atoms with Crippen LogP contribution in [0.4, 0.5) is 0 Å². The van der Waals surface area contributed by atoms with Gasteiger partial charge < -0.3 is 9.69 Å². The van der Waals surface area contributed by atoms with Gasteiger partial charge in [0.15, 0.2) is 0 Å². The number of likely N-dealkylation sites (tertiary alicyclic amines) is 1. The molecule has 0 aromatic heterocycles. The molecule has 0 N–H and O–H groups in total. The Balaban J connectivity index is 1.85. The van der Waals surface area contributed by atoms with E-state index >= 15 is 0 Å². The van der Waals surface area contributed by atoms with Gasteiger partial charge in [0.05, 0.1) is 0 Å². The Morgan fingerprint density at radius 1 is 1.14 bits per heavy atom. The second kappa shape index (κ2) is 4.43. The van der Waals surface area contributed by atoms with Crippen molar-refractivity contribution < 1.29 is 4.79 Å². The van der Waals surface area contributed by atoms with Crippen LogP contribution in [-0.2, 0) is 4.79 Å². The van der Waals surface area contributed by atoms with Gasteiger partial charge in [-0.3, -0.25) is 0 Å². The van der Waals surface area contributed by atoms with E-state index in [0.717, 1.165) is 31.1 Å². The largest absolute Gasteiger partial charge is 0.303 e. The van der Waals surface area contributed by atoms with Crippen LogP contribution in [0.25, 0.3) is 0 Å². The van der Waals surface area contributed by atoms with Crippen molar-refractivity contribution in [3.63, 3.8) is 0 Å². The van der Waals surface area contributed by atoms with Gasteiger partial charge in [0.2, 0.25) is 0 Å². The average molecular weight is 195 g/mol. The van der Waals surface area contributed by atoms with Crippen molar-refractivity contribution in [1.82, 2.24) is 4.90 Å². The summed E-state index contributed by atoms with van der Waals surface area (Å²) in [6.45, 7) is 1.28. The molecule has 0 aromatic carbocycles. The number of carbonyl (C=O) groups is 1. The van der Waals surface area contributed by atoms with E-state index in [1.54, 1.807) is 0 Å². The first-order chi connectivity index (χ1) is 6.81. The van der Waals surface area contributed by atoms with Gasteiger partial charge in [-0.1, -0.05) is 0 Å². The minimum Gasteiger partial charge on any atom is -0.303 e. The van der Waals surface area contributed by atoms with E-state index < -0.39 is 0 Å². The summed E-state index contributed by atoms with van der Waals surface area (Å²) in [4.78, 5) is 13.2. The van der Waals surface area contributed by atoms with E-state index in [0.29, 0.717) is 5.92 Å². The zero-order valence-electron chi connectivity index (χ0n) is 9.11. The van der Waals surface area contributed by atoms with Gasteiger partial charge in [0.1, 0.15) is 6.29 Å². The molecule has 0 radical (unpaired) electrons. The van der Waals surface area contributed by atoms with Crippen LogP contribution in [0.1, 0.15) is 38.5 Å². The van der Waals surface area contributed by atoms with Crippen molar-refractivity contribution in [2.45, 2.75) is 44.6 Å². The average Bonchev–Trinajstić information content (AvgIpc) is 2.65. The molecule has 2 heteroatoms. The minimum absolute atomic E-state index is 0.373. The molecule has 1 saturated carbocycles. The smallest absolute Gasteiger partial charge is 0.123 e. The molecular weight excluding hydrogens is 174 g/mol. The molecule has 0 spiro atoms. The number of rotatable bonds is 2. The number of nitrogens with zero attached hydrogens (tertiary/aromatic N) is 1. The molecular formula is C12H21NO. The quantitative estimate of drug-likeness (QED) is 0.629. The molecule has 80 valence electrons. The molecule has 2 rings (SSSR count). The second-order valence-electron chi connectivity index (χ2n) is 5.00. The predicted octanol–water partition coefficient (Wildman–Crippen LogP) is 2.09. The Kier molecular flexibility index (Phi) is 3.22. The Labute approximate surface area is 86.7 Å². The second-order valence-corrected chi connectivity index (χ2v) is 5.00. The molecule has 1 atom stereocenters. The highest BCUT2D eigenvalue weighted by Gasteiger charge is 2.32. The van der Waals surface area contributed by atoms with Gasteiger partial charge in [0, 0.05) is 12.0 Å². The lowest BCUT2D eigenvalue weighted by atomic mass is 9.78. The lowest BCUT2D eigenvalue weighted by molar-refractivity contribution is -0.112. The molecule has 0 amide bonds. The third-order valence-corrected chi connectivity index (χ3v) is 4.13. The van der Waals surface area contributed by atoms with Crippen LogP contribution in [0.3, 0.4) is 0 Å². The fraction of sp³-hybridized carbons (Fsp3) is 0.917. The van der Waals surface area contributed by atoms with Gasteiger partial charge >= 0.3 is 0 Å². The van der Waals surface area contributed by atoms with Crippen molar-refractivity contribution in [2.75, 3.05) is 13.6 Å². The van der Waals surface area contributed by atoms with E-state index in [1.165, 1.54) is 32.2 Å². The summed E-state index contributed by atoms with van der Waals surface area (Å²) in [6.07, 6.45) is 8.74. The van der Waals surface area contributed by atoms with Crippen LogP contribution in [0.2, 0.25) is 0 Å². The highest BCUT2D eigenvalue weighted by Crippen LogP contribution is 2.35. The van der Waals surface area contributed by atoms with Crippen LogP contribution < -0.4 is 0 Å². The van der Waals surface area contributed by atoms with E-state index in [2.05, 4.69) is 11.9 Å². The Morgan fingerprint density at radius 2 is 1.86 bits per heavy atom. The van der Waals surface area contributed by atoms with Crippen LogP contribution in [0.5, 0.6) is 0 Å². The number of aldehydes is 1. The first kappa shape index (κ1) is 10.2. The van der Waals surface area contributed by atoms with E-state index in [9.17, 15) is 4.79 Å². The Hall–Kier alpha value is -0.370. The molecule has 1 heterocycles. The van der Waals surface area contributed by atoms with E-state index in [4.69, 9.17) is 0 Å². The summed E-state index contributed by atoms with van der Waals surface area (Å²) < 4.78 is 0. The first-order valence-electron chi connectivity index (χ1n) is 5.97. The SMILES string of the molecule is CN1CCC[C@@H]1C1CCC(C=O)CC1. The summed E-state index contributed by atoms with van der Waals surface area (Å²) in [5, 5.41) is 0. The van der Waals surface area contributed by atoms with Crippen molar-refractivity contribution in [2.24, 2.45) is 11.8 Å². The highest BCUT2D eigenvalue weighted by atomic mass is 16.1. The molecule has 14 heavy (non-hydrogen) atoms. The monoisotopic (exact) mass is 195 g/mol. The lowest BCUT2D eigenvalue weighted by Crippen LogP contribution is -2.34. The number of hydrogen-bond acceptors (Lipinski definition) is 2. The molecule has 1 saturated heterocycles. The van der Waals surface area contributed by atoms with Gasteiger partial charge in [-0.25, -0.2) is 0 Å².